The van der Waals surface area contributed by atoms with Gasteiger partial charge in [-0.1, -0.05) is 0 Å². The molecule has 0 spiro atoms. The average molecular weight is 472 g/mol. The van der Waals surface area contributed by atoms with Crippen molar-refractivity contribution in [2.45, 2.75) is 39.7 Å². The van der Waals surface area contributed by atoms with Crippen LogP contribution < -0.4 is 10.6 Å². The van der Waals surface area contributed by atoms with Crippen molar-refractivity contribution in [1.82, 2.24) is 15.6 Å². The minimum atomic E-state index is -1.14. The van der Waals surface area contributed by atoms with Crippen LogP contribution in [0.15, 0.2) is 40.0 Å². The Morgan fingerprint density at radius 3 is 2.65 bits per heavy atom. The number of halogens is 1. The number of nitrogens with one attached hydrogen (secondary N) is 2. The third-order valence-electron chi connectivity index (χ3n) is 3.98. The van der Waals surface area contributed by atoms with Gasteiger partial charge in [0.15, 0.2) is 5.96 Å². The quantitative estimate of drug-likeness (QED) is 0.328. The molecule has 0 saturated heterocycles. The van der Waals surface area contributed by atoms with Gasteiger partial charge in [0.1, 0.15) is 17.1 Å². The zero-order chi connectivity index (χ0) is 18.3. The highest BCUT2D eigenvalue weighted by Gasteiger charge is 2.26. The summed E-state index contributed by atoms with van der Waals surface area (Å²) in [5, 5.41) is 17.1. The van der Waals surface area contributed by atoms with Crippen LogP contribution in [0.4, 0.5) is 0 Å². The summed E-state index contributed by atoms with van der Waals surface area (Å²) in [6.45, 7) is 9.35. The number of hydrogen-bond acceptors (Lipinski definition) is 4. The van der Waals surface area contributed by atoms with Gasteiger partial charge in [0.2, 0.25) is 0 Å². The molecular formula is C19H29IN4O2. The molecule has 0 aliphatic rings. The lowest BCUT2D eigenvalue weighted by Crippen LogP contribution is -2.39. The van der Waals surface area contributed by atoms with Crippen molar-refractivity contribution in [2.75, 3.05) is 19.6 Å². The summed E-state index contributed by atoms with van der Waals surface area (Å²) < 4.78 is 5.53. The maximum Gasteiger partial charge on any atom is 0.191 e. The lowest BCUT2D eigenvalue weighted by atomic mass is 10.0. The maximum atomic E-state index is 10.6. The van der Waals surface area contributed by atoms with E-state index in [2.05, 4.69) is 27.5 Å². The highest BCUT2D eigenvalue weighted by molar-refractivity contribution is 14.0. The first-order chi connectivity index (χ1) is 11.9. The Bertz CT molecular complexity index is 713. The van der Waals surface area contributed by atoms with Gasteiger partial charge in [0.05, 0.1) is 6.54 Å². The van der Waals surface area contributed by atoms with Crippen molar-refractivity contribution in [3.8, 4) is 0 Å². The van der Waals surface area contributed by atoms with Crippen LogP contribution in [0.25, 0.3) is 0 Å². The van der Waals surface area contributed by atoms with Crippen molar-refractivity contribution in [2.24, 2.45) is 4.99 Å². The third kappa shape index (κ3) is 6.60. The Kier molecular flexibility index (Phi) is 9.07. The molecule has 144 valence electrons. The van der Waals surface area contributed by atoms with Gasteiger partial charge >= 0.3 is 0 Å². The molecule has 2 aromatic rings. The first kappa shape index (κ1) is 22.4. The van der Waals surface area contributed by atoms with Crippen molar-refractivity contribution in [1.29, 1.82) is 0 Å². The van der Waals surface area contributed by atoms with E-state index in [-0.39, 0.29) is 30.5 Å². The molecule has 2 rings (SSSR count). The first-order valence-corrected chi connectivity index (χ1v) is 8.63. The highest BCUT2D eigenvalue weighted by Crippen LogP contribution is 2.23. The Morgan fingerprint density at radius 2 is 2.04 bits per heavy atom. The summed E-state index contributed by atoms with van der Waals surface area (Å²) in [7, 11) is 0. The van der Waals surface area contributed by atoms with Crippen LogP contribution >= 0.6 is 24.0 Å². The molecule has 7 heteroatoms. The Morgan fingerprint density at radius 1 is 1.27 bits per heavy atom. The van der Waals surface area contributed by atoms with E-state index in [1.807, 2.05) is 38.4 Å². The predicted octanol–water partition coefficient (Wildman–Crippen LogP) is 2.91. The maximum absolute atomic E-state index is 10.6. The largest absolute Gasteiger partial charge is 0.463 e. The molecule has 0 radical (unpaired) electrons. The summed E-state index contributed by atoms with van der Waals surface area (Å²) in [5.74, 6) is 1.98. The van der Waals surface area contributed by atoms with Crippen molar-refractivity contribution in [3.63, 3.8) is 0 Å². The van der Waals surface area contributed by atoms with Gasteiger partial charge in [-0.2, -0.15) is 0 Å². The summed E-state index contributed by atoms with van der Waals surface area (Å²) in [6.07, 6.45) is 4.56. The molecular weight excluding hydrogens is 443 g/mol. The second kappa shape index (κ2) is 10.5. The minimum absolute atomic E-state index is 0. The fourth-order valence-corrected chi connectivity index (χ4v) is 2.47. The van der Waals surface area contributed by atoms with E-state index < -0.39 is 5.60 Å². The molecule has 3 N–H and O–H groups in total. The molecule has 0 aliphatic heterocycles. The smallest absolute Gasteiger partial charge is 0.191 e. The predicted molar refractivity (Wildman–Crippen MR) is 115 cm³/mol. The van der Waals surface area contributed by atoms with E-state index in [0.717, 1.165) is 25.3 Å². The summed E-state index contributed by atoms with van der Waals surface area (Å²) in [6, 6.07) is 5.66. The molecule has 0 saturated carbocycles. The van der Waals surface area contributed by atoms with Gasteiger partial charge in [-0.3, -0.25) is 4.98 Å². The van der Waals surface area contributed by atoms with Gasteiger partial charge in [-0.05, 0) is 63.4 Å². The van der Waals surface area contributed by atoms with Crippen LogP contribution in [0.2, 0.25) is 0 Å². The van der Waals surface area contributed by atoms with E-state index in [0.29, 0.717) is 11.7 Å². The number of aliphatic hydroxyl groups is 1. The zero-order valence-corrected chi connectivity index (χ0v) is 18.2. The highest BCUT2D eigenvalue weighted by atomic mass is 127. The van der Waals surface area contributed by atoms with Crippen molar-refractivity contribution >= 4 is 29.9 Å². The number of furan rings is 1. The summed E-state index contributed by atoms with van der Waals surface area (Å²) in [5.41, 5.74) is 1.30. The van der Waals surface area contributed by atoms with Gasteiger partial charge in [0.25, 0.3) is 0 Å². The monoisotopic (exact) mass is 472 g/mol. The fourth-order valence-electron chi connectivity index (χ4n) is 2.47. The molecule has 2 aromatic heterocycles. The van der Waals surface area contributed by atoms with Crippen LogP contribution in [0, 0.1) is 13.8 Å². The molecule has 6 nitrogen and oxygen atoms in total. The van der Waals surface area contributed by atoms with Crippen LogP contribution in [0.3, 0.4) is 0 Å². The third-order valence-corrected chi connectivity index (χ3v) is 3.98. The van der Waals surface area contributed by atoms with E-state index in [1.54, 1.807) is 13.0 Å². The van der Waals surface area contributed by atoms with Gasteiger partial charge < -0.3 is 20.2 Å². The summed E-state index contributed by atoms with van der Waals surface area (Å²) in [4.78, 5) is 8.61. The van der Waals surface area contributed by atoms with Crippen LogP contribution in [0.1, 0.15) is 36.5 Å². The van der Waals surface area contributed by atoms with Crippen LogP contribution in [-0.2, 0) is 12.0 Å². The lowest BCUT2D eigenvalue weighted by Gasteiger charge is -2.19. The van der Waals surface area contributed by atoms with E-state index in [1.165, 1.54) is 11.1 Å². The number of pyridine rings is 1. The van der Waals surface area contributed by atoms with Gasteiger partial charge in [0, 0.05) is 25.5 Å². The second-order valence-corrected chi connectivity index (χ2v) is 6.36. The standard InChI is InChI=1S/C19H28N4O2.HI/c1-5-21-18(22-11-9-16-8-10-20-12-14(16)2)23-13-19(4,24)17-7-6-15(3)25-17;/h6-8,10,12,24H,5,9,11,13H2,1-4H3,(H2,21,22,23);1H. The fraction of sp³-hybridized carbons (Fsp3) is 0.474. The molecule has 0 aromatic carbocycles. The van der Waals surface area contributed by atoms with Gasteiger partial charge in [-0.15, -0.1) is 24.0 Å². The normalized spacial score (nSPS) is 13.7. The molecule has 26 heavy (non-hydrogen) atoms. The van der Waals surface area contributed by atoms with Crippen LogP contribution in [-0.4, -0.2) is 35.7 Å². The van der Waals surface area contributed by atoms with E-state index in [4.69, 9.17) is 4.42 Å². The zero-order valence-electron chi connectivity index (χ0n) is 15.9. The number of rotatable bonds is 7. The Hall–Kier alpha value is -1.61. The first-order valence-electron chi connectivity index (χ1n) is 8.63. The number of hydrogen-bond donors (Lipinski definition) is 3. The number of guanidine groups is 1. The molecule has 0 amide bonds. The number of aromatic nitrogens is 1. The Balaban J connectivity index is 0.00000338. The number of aliphatic imine (C=N–C) groups is 1. The van der Waals surface area contributed by atoms with Crippen molar-refractivity contribution < 1.29 is 9.52 Å². The molecule has 2 heterocycles. The van der Waals surface area contributed by atoms with E-state index in [9.17, 15) is 5.11 Å². The second-order valence-electron chi connectivity index (χ2n) is 6.36. The number of aryl methyl sites for hydroxylation is 2. The lowest BCUT2D eigenvalue weighted by molar-refractivity contribution is 0.0428. The minimum Gasteiger partial charge on any atom is -0.463 e. The average Bonchev–Trinajstić information content (AvgIpc) is 3.02. The number of nitrogens with zero attached hydrogens (tertiary/aromatic N) is 2. The molecule has 1 atom stereocenters. The summed E-state index contributed by atoms with van der Waals surface area (Å²) >= 11 is 0. The Labute approximate surface area is 172 Å². The topological polar surface area (TPSA) is 82.7 Å². The van der Waals surface area contributed by atoms with Gasteiger partial charge in [-0.25, -0.2) is 4.99 Å². The molecule has 0 fully saturated rings. The van der Waals surface area contributed by atoms with Crippen LogP contribution in [0.5, 0.6) is 0 Å². The van der Waals surface area contributed by atoms with Crippen molar-refractivity contribution in [3.05, 3.63) is 53.2 Å². The molecule has 0 bridgehead atoms. The SMILES string of the molecule is CCNC(=NCC(C)(O)c1ccc(C)o1)NCCc1ccncc1C.I. The molecule has 0 aliphatic carbocycles. The molecule has 1 unspecified atom stereocenters. The van der Waals surface area contributed by atoms with E-state index >= 15 is 0 Å².